The van der Waals surface area contributed by atoms with Crippen LogP contribution in [0.4, 0.5) is 13.2 Å². The highest BCUT2D eigenvalue weighted by Crippen LogP contribution is 2.47. The monoisotopic (exact) mass is 443 g/mol. The number of esters is 1. The minimum absolute atomic E-state index is 0.0247. The summed E-state index contributed by atoms with van der Waals surface area (Å²) in [5.41, 5.74) is 0.680. The first-order chi connectivity index (χ1) is 12.8. The van der Waals surface area contributed by atoms with E-state index in [1.54, 1.807) is 25.3 Å². The Kier molecular flexibility index (Phi) is 5.74. The number of benzene rings is 1. The van der Waals surface area contributed by atoms with E-state index in [4.69, 9.17) is 9.47 Å². The lowest BCUT2D eigenvalue weighted by Crippen LogP contribution is -2.07. The molecule has 1 saturated carbocycles. The summed E-state index contributed by atoms with van der Waals surface area (Å²) in [6.45, 7) is 2.25. The molecule has 4 nitrogen and oxygen atoms in total. The Morgan fingerprint density at radius 2 is 2.07 bits per heavy atom. The summed E-state index contributed by atoms with van der Waals surface area (Å²) in [6.07, 6.45) is -2.12. The number of nitrogens with zero attached hydrogens (tertiary/aromatic N) is 1. The SMILES string of the molecule is CCOC(=O)[C@H]1C[C@@H]1c1ccc(OCc2ccc(C(F)(F)F)c(Br)c2)cn1. The van der Waals surface area contributed by atoms with Gasteiger partial charge in [-0.2, -0.15) is 13.2 Å². The molecule has 2 aromatic rings. The van der Waals surface area contributed by atoms with Gasteiger partial charge in [-0.25, -0.2) is 0 Å². The molecule has 0 aliphatic heterocycles. The average molecular weight is 444 g/mol. The lowest BCUT2D eigenvalue weighted by molar-refractivity contribution is -0.144. The zero-order valence-corrected chi connectivity index (χ0v) is 16.0. The van der Waals surface area contributed by atoms with Crippen molar-refractivity contribution in [3.8, 4) is 5.75 Å². The van der Waals surface area contributed by atoms with Crippen molar-refractivity contribution in [1.29, 1.82) is 0 Å². The van der Waals surface area contributed by atoms with E-state index >= 15 is 0 Å². The zero-order chi connectivity index (χ0) is 19.6. The molecule has 0 unspecified atom stereocenters. The highest BCUT2D eigenvalue weighted by Gasteiger charge is 2.46. The zero-order valence-electron chi connectivity index (χ0n) is 14.4. The fourth-order valence-corrected chi connectivity index (χ4v) is 3.42. The van der Waals surface area contributed by atoms with Crippen LogP contribution in [0.25, 0.3) is 0 Å². The molecular formula is C19H17BrF3NO3. The van der Waals surface area contributed by atoms with Gasteiger partial charge >= 0.3 is 12.1 Å². The van der Waals surface area contributed by atoms with Gasteiger partial charge in [-0.15, -0.1) is 0 Å². The highest BCUT2D eigenvalue weighted by molar-refractivity contribution is 9.10. The number of hydrogen-bond acceptors (Lipinski definition) is 4. The Bertz CT molecular complexity index is 824. The van der Waals surface area contributed by atoms with Crippen molar-refractivity contribution in [3.63, 3.8) is 0 Å². The molecule has 8 heteroatoms. The second kappa shape index (κ2) is 7.88. The maximum absolute atomic E-state index is 12.8. The van der Waals surface area contributed by atoms with Gasteiger partial charge in [0, 0.05) is 16.1 Å². The first-order valence-electron chi connectivity index (χ1n) is 8.40. The number of carbonyl (C=O) groups is 1. The Morgan fingerprint density at radius 1 is 1.30 bits per heavy atom. The van der Waals surface area contributed by atoms with Gasteiger partial charge in [0.05, 0.1) is 24.3 Å². The molecule has 0 saturated heterocycles. The first-order valence-corrected chi connectivity index (χ1v) is 9.20. The normalized spacial score (nSPS) is 18.9. The van der Waals surface area contributed by atoms with Gasteiger partial charge in [0.25, 0.3) is 0 Å². The lowest BCUT2D eigenvalue weighted by atomic mass is 10.1. The number of halogens is 4. The van der Waals surface area contributed by atoms with Crippen LogP contribution in [-0.2, 0) is 22.3 Å². The predicted molar refractivity (Wildman–Crippen MR) is 95.2 cm³/mol. The molecule has 1 aliphatic carbocycles. The summed E-state index contributed by atoms with van der Waals surface area (Å²) in [4.78, 5) is 16.0. The number of alkyl halides is 3. The van der Waals surface area contributed by atoms with E-state index in [1.807, 2.05) is 0 Å². The second-order valence-corrected chi connectivity index (χ2v) is 7.07. The molecular weight excluding hydrogens is 427 g/mol. The van der Waals surface area contributed by atoms with E-state index in [0.717, 1.165) is 18.2 Å². The van der Waals surface area contributed by atoms with E-state index < -0.39 is 11.7 Å². The minimum atomic E-state index is -4.40. The number of rotatable bonds is 6. The molecule has 0 spiro atoms. The molecule has 1 aliphatic rings. The van der Waals surface area contributed by atoms with E-state index in [1.165, 1.54) is 12.1 Å². The van der Waals surface area contributed by atoms with Crippen molar-refractivity contribution in [3.05, 3.63) is 57.8 Å². The third kappa shape index (κ3) is 4.80. The van der Waals surface area contributed by atoms with Crippen LogP contribution in [0.1, 0.15) is 36.1 Å². The van der Waals surface area contributed by atoms with Crippen LogP contribution >= 0.6 is 15.9 Å². The molecule has 0 N–H and O–H groups in total. The Balaban J connectivity index is 1.57. The van der Waals surface area contributed by atoms with E-state index in [9.17, 15) is 18.0 Å². The van der Waals surface area contributed by atoms with Crippen molar-refractivity contribution in [2.24, 2.45) is 5.92 Å². The maximum atomic E-state index is 12.8. The van der Waals surface area contributed by atoms with Crippen LogP contribution in [0, 0.1) is 5.92 Å². The Labute approximate surface area is 162 Å². The van der Waals surface area contributed by atoms with Crippen molar-refractivity contribution < 1.29 is 27.4 Å². The van der Waals surface area contributed by atoms with Gasteiger partial charge in [0.15, 0.2) is 0 Å². The fraction of sp³-hybridized carbons (Fsp3) is 0.368. The third-order valence-corrected chi connectivity index (χ3v) is 4.92. The summed E-state index contributed by atoms with van der Waals surface area (Å²) in [5.74, 6) is 0.248. The molecule has 1 aromatic heterocycles. The number of aromatic nitrogens is 1. The fourth-order valence-electron chi connectivity index (χ4n) is 2.77. The van der Waals surface area contributed by atoms with Gasteiger partial charge in [-0.1, -0.05) is 22.0 Å². The Morgan fingerprint density at radius 3 is 2.67 bits per heavy atom. The topological polar surface area (TPSA) is 48.4 Å². The van der Waals surface area contributed by atoms with Gasteiger partial charge in [-0.3, -0.25) is 9.78 Å². The van der Waals surface area contributed by atoms with Crippen LogP contribution < -0.4 is 4.74 Å². The molecule has 0 radical (unpaired) electrons. The number of hydrogen-bond donors (Lipinski definition) is 0. The van der Waals surface area contributed by atoms with Gasteiger partial charge in [0.2, 0.25) is 0 Å². The number of ether oxygens (including phenoxy) is 2. The molecule has 144 valence electrons. The molecule has 1 aromatic carbocycles. The van der Waals surface area contributed by atoms with Crippen molar-refractivity contribution in [2.75, 3.05) is 6.61 Å². The minimum Gasteiger partial charge on any atom is -0.487 e. The van der Waals surface area contributed by atoms with E-state index in [-0.39, 0.29) is 28.9 Å². The molecule has 1 fully saturated rings. The van der Waals surface area contributed by atoms with Crippen LogP contribution in [-0.4, -0.2) is 17.6 Å². The van der Waals surface area contributed by atoms with Gasteiger partial charge in [0.1, 0.15) is 12.4 Å². The molecule has 1 heterocycles. The summed E-state index contributed by atoms with van der Waals surface area (Å²) in [7, 11) is 0. The van der Waals surface area contributed by atoms with Gasteiger partial charge in [-0.05, 0) is 43.2 Å². The lowest BCUT2D eigenvalue weighted by Gasteiger charge is -2.11. The summed E-state index contributed by atoms with van der Waals surface area (Å²) < 4.78 is 48.8. The summed E-state index contributed by atoms with van der Waals surface area (Å²) in [5, 5.41) is 0. The van der Waals surface area contributed by atoms with E-state index in [0.29, 0.717) is 17.9 Å². The maximum Gasteiger partial charge on any atom is 0.417 e. The first kappa shape index (κ1) is 19.7. The molecule has 2 atom stereocenters. The third-order valence-electron chi connectivity index (χ3n) is 4.26. The number of pyridine rings is 1. The van der Waals surface area contributed by atoms with Crippen LogP contribution in [0.5, 0.6) is 5.75 Å². The Hall–Kier alpha value is -2.09. The quantitative estimate of drug-likeness (QED) is 0.582. The largest absolute Gasteiger partial charge is 0.487 e. The smallest absolute Gasteiger partial charge is 0.417 e. The standard InChI is InChI=1S/C19H17BrF3NO3/c1-2-26-18(25)14-8-13(14)17-6-4-12(9-24-17)27-10-11-3-5-15(16(20)7-11)19(21,22)23/h3-7,9,13-14H,2,8,10H2,1H3/t13-,14-/m0/s1. The predicted octanol–water partition coefficient (Wildman–Crippen LogP) is 5.11. The van der Waals surface area contributed by atoms with Crippen molar-refractivity contribution in [2.45, 2.75) is 32.0 Å². The van der Waals surface area contributed by atoms with Crippen LogP contribution in [0.15, 0.2) is 41.0 Å². The van der Waals surface area contributed by atoms with Crippen molar-refractivity contribution >= 4 is 21.9 Å². The van der Waals surface area contributed by atoms with Crippen LogP contribution in [0.3, 0.4) is 0 Å². The second-order valence-electron chi connectivity index (χ2n) is 6.22. The van der Waals surface area contributed by atoms with Crippen LogP contribution in [0.2, 0.25) is 0 Å². The average Bonchev–Trinajstić information content (AvgIpc) is 3.40. The number of carbonyl (C=O) groups excluding carboxylic acids is 1. The molecule has 27 heavy (non-hydrogen) atoms. The molecule has 0 bridgehead atoms. The summed E-state index contributed by atoms with van der Waals surface area (Å²) in [6, 6.07) is 7.32. The molecule has 3 rings (SSSR count). The molecule has 0 amide bonds. The summed E-state index contributed by atoms with van der Waals surface area (Å²) >= 11 is 2.94. The van der Waals surface area contributed by atoms with Crippen molar-refractivity contribution in [1.82, 2.24) is 4.98 Å². The van der Waals surface area contributed by atoms with E-state index in [2.05, 4.69) is 20.9 Å². The highest BCUT2D eigenvalue weighted by atomic mass is 79.9. The van der Waals surface area contributed by atoms with Gasteiger partial charge < -0.3 is 9.47 Å².